The average Bonchev–Trinajstić information content (AvgIpc) is 2.55. The molecule has 4 atom stereocenters. The summed E-state index contributed by atoms with van der Waals surface area (Å²) in [5.74, 6) is 0. The fourth-order valence-electron chi connectivity index (χ4n) is 1.51. The number of hydrogen-bond acceptors (Lipinski definition) is 5. The van der Waals surface area contributed by atoms with Gasteiger partial charge in [-0.1, -0.05) is 0 Å². The Hall–Kier alpha value is 0.0949. The van der Waals surface area contributed by atoms with Crippen LogP contribution in [-0.2, 0) is 23.1 Å². The lowest BCUT2D eigenvalue weighted by Crippen LogP contribution is -2.30. The molecule has 2 radical (unpaired) electrons. The highest BCUT2D eigenvalue weighted by Crippen LogP contribution is 2.46. The summed E-state index contributed by atoms with van der Waals surface area (Å²) in [6.07, 6.45) is -0.679. The largest absolute Gasteiger partial charge is 0.472 e. The van der Waals surface area contributed by atoms with E-state index >= 15 is 0 Å². The van der Waals surface area contributed by atoms with Gasteiger partial charge in [-0.05, 0) is 20.3 Å². The number of phosphoric ester groups is 1. The normalized spacial score (nSPS) is 32.9. The lowest BCUT2D eigenvalue weighted by molar-refractivity contribution is -0.0464. The molecule has 98 valence electrons. The number of rotatable bonds is 6. The Bertz CT molecular complexity index is 287. The van der Waals surface area contributed by atoms with Gasteiger partial charge in [0.2, 0.25) is 0 Å². The zero-order chi connectivity index (χ0) is 13.1. The lowest BCUT2D eigenvalue weighted by atomic mass is 9.96. The molecule has 0 aromatic heterocycles. The van der Waals surface area contributed by atoms with Crippen molar-refractivity contribution in [3.63, 3.8) is 0 Å². The third-order valence-electron chi connectivity index (χ3n) is 2.32. The maximum atomic E-state index is 11.3. The van der Waals surface area contributed by atoms with Crippen LogP contribution in [0.3, 0.4) is 0 Å². The predicted molar refractivity (Wildman–Crippen MR) is 61.8 cm³/mol. The third kappa shape index (κ3) is 5.08. The van der Waals surface area contributed by atoms with Gasteiger partial charge in [0.05, 0.1) is 18.8 Å². The van der Waals surface area contributed by atoms with Crippen LogP contribution in [-0.4, -0.2) is 50.8 Å². The standard InChI is InChI=1S/C9H18BO6P/c1-6(2)14-5-8-7(4-9(10)15-8)16-17(11,12)13-3/h6-9H,4-5H2,1-3H3,(H,11,12)/t7-,8+,9+/m0/s1. The predicted octanol–water partition coefficient (Wildman–Crippen LogP) is 0.827. The van der Waals surface area contributed by atoms with Crippen molar-refractivity contribution in [2.24, 2.45) is 0 Å². The molecule has 1 aliphatic heterocycles. The Morgan fingerprint density at radius 1 is 1.59 bits per heavy atom. The minimum atomic E-state index is -4.02. The van der Waals surface area contributed by atoms with Crippen LogP contribution < -0.4 is 0 Å². The van der Waals surface area contributed by atoms with Crippen molar-refractivity contribution in [1.82, 2.24) is 0 Å². The Kier molecular flexibility index (Phi) is 5.63. The molecule has 1 N–H and O–H groups in total. The summed E-state index contributed by atoms with van der Waals surface area (Å²) < 4.78 is 31.4. The smallest absolute Gasteiger partial charge is 0.380 e. The molecule has 8 heteroatoms. The van der Waals surface area contributed by atoms with E-state index in [1.54, 1.807) is 0 Å². The average molecular weight is 264 g/mol. The van der Waals surface area contributed by atoms with Gasteiger partial charge in [0, 0.05) is 13.1 Å². The molecule has 0 aliphatic carbocycles. The summed E-state index contributed by atoms with van der Waals surface area (Å²) in [6, 6.07) is -0.516. The first-order valence-corrected chi connectivity index (χ1v) is 6.93. The topological polar surface area (TPSA) is 74.2 Å². The van der Waals surface area contributed by atoms with E-state index in [1.807, 2.05) is 13.8 Å². The maximum absolute atomic E-state index is 11.3. The molecule has 6 nitrogen and oxygen atoms in total. The number of hydrogen-bond donors (Lipinski definition) is 1. The molecule has 1 unspecified atom stereocenters. The van der Waals surface area contributed by atoms with Crippen molar-refractivity contribution < 1.29 is 28.0 Å². The molecule has 0 bridgehead atoms. The fourth-order valence-corrected chi connectivity index (χ4v) is 2.16. The van der Waals surface area contributed by atoms with Crippen LogP contribution in [0.5, 0.6) is 0 Å². The first kappa shape index (κ1) is 15.2. The van der Waals surface area contributed by atoms with Crippen molar-refractivity contribution in [3.8, 4) is 0 Å². The second-order valence-electron chi connectivity index (χ2n) is 4.13. The van der Waals surface area contributed by atoms with Gasteiger partial charge in [-0.2, -0.15) is 0 Å². The molecule has 0 saturated carbocycles. The van der Waals surface area contributed by atoms with E-state index in [2.05, 4.69) is 4.52 Å². The van der Waals surface area contributed by atoms with E-state index in [4.69, 9.17) is 21.8 Å². The molecule has 0 spiro atoms. The Balaban J connectivity index is 2.53. The van der Waals surface area contributed by atoms with Crippen LogP contribution in [0.2, 0.25) is 0 Å². The minimum Gasteiger partial charge on any atom is -0.380 e. The van der Waals surface area contributed by atoms with Crippen molar-refractivity contribution in [3.05, 3.63) is 0 Å². The molecule has 1 aliphatic rings. The van der Waals surface area contributed by atoms with Crippen molar-refractivity contribution in [2.75, 3.05) is 13.7 Å². The quantitative estimate of drug-likeness (QED) is 0.565. The van der Waals surface area contributed by atoms with Gasteiger partial charge < -0.3 is 14.4 Å². The summed E-state index contributed by atoms with van der Waals surface area (Å²) >= 11 is 0. The summed E-state index contributed by atoms with van der Waals surface area (Å²) in [4.78, 5) is 9.24. The van der Waals surface area contributed by atoms with Gasteiger partial charge in [-0.25, -0.2) is 4.57 Å². The molecular formula is C9H18BO6P. The van der Waals surface area contributed by atoms with E-state index in [-0.39, 0.29) is 12.7 Å². The Morgan fingerprint density at radius 2 is 2.24 bits per heavy atom. The van der Waals surface area contributed by atoms with Crippen LogP contribution in [0, 0.1) is 0 Å². The second-order valence-corrected chi connectivity index (χ2v) is 5.64. The van der Waals surface area contributed by atoms with E-state index in [1.165, 1.54) is 0 Å². The third-order valence-corrected chi connectivity index (χ3v) is 3.32. The van der Waals surface area contributed by atoms with Gasteiger partial charge in [0.15, 0.2) is 0 Å². The molecule has 1 heterocycles. The van der Waals surface area contributed by atoms with Crippen LogP contribution in [0.4, 0.5) is 0 Å². The highest BCUT2D eigenvalue weighted by atomic mass is 31.2. The van der Waals surface area contributed by atoms with Crippen LogP contribution in [0.25, 0.3) is 0 Å². The zero-order valence-corrected chi connectivity index (χ0v) is 11.1. The van der Waals surface area contributed by atoms with Crippen molar-refractivity contribution in [1.29, 1.82) is 0 Å². The first-order chi connectivity index (χ1) is 7.84. The van der Waals surface area contributed by atoms with Gasteiger partial charge in [0.1, 0.15) is 14.0 Å². The van der Waals surface area contributed by atoms with Crippen LogP contribution in [0.15, 0.2) is 0 Å². The molecule has 0 amide bonds. The van der Waals surface area contributed by atoms with E-state index in [0.29, 0.717) is 6.42 Å². The highest BCUT2D eigenvalue weighted by molar-refractivity contribution is 7.47. The first-order valence-electron chi connectivity index (χ1n) is 5.43. The molecule has 0 aromatic rings. The van der Waals surface area contributed by atoms with E-state index < -0.39 is 26.0 Å². The summed E-state index contributed by atoms with van der Waals surface area (Å²) in [5.41, 5.74) is 0. The fraction of sp³-hybridized carbons (Fsp3) is 1.00. The highest BCUT2D eigenvalue weighted by Gasteiger charge is 2.38. The molecule has 1 saturated heterocycles. The van der Waals surface area contributed by atoms with Gasteiger partial charge >= 0.3 is 7.82 Å². The van der Waals surface area contributed by atoms with Crippen LogP contribution in [0.1, 0.15) is 20.3 Å². The molecule has 1 rings (SSSR count). The molecule has 17 heavy (non-hydrogen) atoms. The SMILES string of the molecule is [B][C@H]1C[C@H](OP(=O)(O)OC)[C@@H](COC(C)C)O1. The zero-order valence-electron chi connectivity index (χ0n) is 10.2. The monoisotopic (exact) mass is 264 g/mol. The van der Waals surface area contributed by atoms with Crippen molar-refractivity contribution in [2.45, 2.75) is 44.6 Å². The van der Waals surface area contributed by atoms with Gasteiger partial charge in [0.25, 0.3) is 0 Å². The van der Waals surface area contributed by atoms with Crippen LogP contribution >= 0.6 is 7.82 Å². The Labute approximate surface area is 103 Å². The Morgan fingerprint density at radius 3 is 2.76 bits per heavy atom. The van der Waals surface area contributed by atoms with Gasteiger partial charge in [-0.15, -0.1) is 0 Å². The minimum absolute atomic E-state index is 0.0411. The van der Waals surface area contributed by atoms with E-state index in [0.717, 1.165) is 7.11 Å². The summed E-state index contributed by atoms with van der Waals surface area (Å²) in [6.45, 7) is 4.04. The second kappa shape index (κ2) is 6.32. The van der Waals surface area contributed by atoms with Gasteiger partial charge in [-0.3, -0.25) is 9.05 Å². The molecule has 1 fully saturated rings. The summed E-state index contributed by atoms with van der Waals surface area (Å²) in [7, 11) is 2.69. The number of ether oxygens (including phenoxy) is 2. The van der Waals surface area contributed by atoms with Crippen molar-refractivity contribution >= 4 is 15.7 Å². The number of phosphoric acid groups is 1. The lowest BCUT2D eigenvalue weighted by Gasteiger charge is -2.21. The summed E-state index contributed by atoms with van der Waals surface area (Å²) in [5, 5.41) is 0. The van der Waals surface area contributed by atoms with E-state index in [9.17, 15) is 9.46 Å². The maximum Gasteiger partial charge on any atom is 0.472 e. The molecule has 0 aromatic carbocycles. The molecular weight excluding hydrogens is 246 g/mol.